The molecule has 0 saturated heterocycles. The maximum Gasteiger partial charge on any atom is 0.265 e. The fraction of sp³-hybridized carbons (Fsp3) is 0.0556. The van der Waals surface area contributed by atoms with Crippen LogP contribution in [0.25, 0.3) is 0 Å². The van der Waals surface area contributed by atoms with Gasteiger partial charge in [0.2, 0.25) is 5.88 Å². The topological polar surface area (TPSA) is 77.5 Å². The van der Waals surface area contributed by atoms with Crippen LogP contribution in [-0.2, 0) is 10.0 Å². The van der Waals surface area contributed by atoms with Gasteiger partial charge < -0.3 is 9.47 Å². The van der Waals surface area contributed by atoms with Gasteiger partial charge in [-0.1, -0.05) is 6.07 Å². The van der Waals surface area contributed by atoms with Gasteiger partial charge in [0, 0.05) is 24.0 Å². The van der Waals surface area contributed by atoms with E-state index in [-0.39, 0.29) is 22.1 Å². The monoisotopic (exact) mass is 374 g/mol. The number of anilines is 1. The van der Waals surface area contributed by atoms with Crippen LogP contribution in [0.1, 0.15) is 0 Å². The lowest BCUT2D eigenvalue weighted by molar-refractivity contribution is 0.399. The molecule has 134 valence electrons. The Morgan fingerprint density at radius 3 is 2.46 bits per heavy atom. The van der Waals surface area contributed by atoms with Gasteiger partial charge in [-0.15, -0.1) is 0 Å². The van der Waals surface area contributed by atoms with E-state index in [2.05, 4.69) is 9.71 Å². The number of hydrogen-bond donors (Lipinski definition) is 1. The number of sulfonamides is 1. The highest BCUT2D eigenvalue weighted by Crippen LogP contribution is 2.31. The summed E-state index contributed by atoms with van der Waals surface area (Å²) in [5, 5.41) is 0. The molecule has 3 aromatic rings. The quantitative estimate of drug-likeness (QED) is 0.710. The van der Waals surface area contributed by atoms with Gasteiger partial charge in [0.1, 0.15) is 22.2 Å². The Kier molecular flexibility index (Phi) is 5.04. The first kappa shape index (κ1) is 17.7. The average Bonchev–Trinajstić information content (AvgIpc) is 2.64. The van der Waals surface area contributed by atoms with Crippen molar-refractivity contribution in [2.24, 2.45) is 0 Å². The Labute approximate surface area is 150 Å². The first-order valence-electron chi connectivity index (χ1n) is 7.53. The van der Waals surface area contributed by atoms with E-state index in [4.69, 9.17) is 9.47 Å². The summed E-state index contributed by atoms with van der Waals surface area (Å²) in [5.74, 6) is 0.292. The summed E-state index contributed by atoms with van der Waals surface area (Å²) in [4.78, 5) is 3.92. The van der Waals surface area contributed by atoms with Gasteiger partial charge >= 0.3 is 0 Å². The molecule has 0 amide bonds. The Morgan fingerprint density at radius 2 is 1.81 bits per heavy atom. The second-order valence-corrected chi connectivity index (χ2v) is 6.85. The fourth-order valence-electron chi connectivity index (χ4n) is 2.19. The van der Waals surface area contributed by atoms with Crippen molar-refractivity contribution in [3.8, 4) is 17.4 Å². The molecule has 1 N–H and O–H groups in total. The van der Waals surface area contributed by atoms with Gasteiger partial charge in [-0.05, 0) is 42.5 Å². The van der Waals surface area contributed by atoms with Crippen LogP contribution in [0.15, 0.2) is 71.8 Å². The lowest BCUT2D eigenvalue weighted by atomic mass is 10.3. The Bertz CT molecular complexity index is 993. The summed E-state index contributed by atoms with van der Waals surface area (Å²) in [6.45, 7) is 0. The molecule has 8 heteroatoms. The minimum atomic E-state index is -3.98. The first-order chi connectivity index (χ1) is 12.5. The van der Waals surface area contributed by atoms with E-state index < -0.39 is 15.8 Å². The van der Waals surface area contributed by atoms with Gasteiger partial charge in [-0.2, -0.15) is 0 Å². The van der Waals surface area contributed by atoms with Gasteiger partial charge in [0.25, 0.3) is 10.0 Å². The number of ether oxygens (including phenoxy) is 2. The number of hydrogen-bond acceptors (Lipinski definition) is 5. The molecule has 0 aliphatic carbocycles. The molecule has 0 unspecified atom stereocenters. The molecule has 26 heavy (non-hydrogen) atoms. The molecule has 0 bridgehead atoms. The third kappa shape index (κ3) is 4.09. The highest BCUT2D eigenvalue weighted by atomic mass is 32.2. The van der Waals surface area contributed by atoms with Crippen LogP contribution < -0.4 is 14.2 Å². The van der Waals surface area contributed by atoms with Crippen LogP contribution in [0.3, 0.4) is 0 Å². The van der Waals surface area contributed by atoms with Crippen molar-refractivity contribution in [1.82, 2.24) is 4.98 Å². The van der Waals surface area contributed by atoms with E-state index in [9.17, 15) is 12.8 Å². The molecule has 0 fully saturated rings. The SMILES string of the molecule is COc1ccc(Oc2ccccn2)cc1S(=O)(=O)Nc1ccc(F)cc1. The van der Waals surface area contributed by atoms with Gasteiger partial charge in [0.05, 0.1) is 7.11 Å². The summed E-state index contributed by atoms with van der Waals surface area (Å²) in [6, 6.07) is 14.5. The number of benzene rings is 2. The summed E-state index contributed by atoms with van der Waals surface area (Å²) >= 11 is 0. The van der Waals surface area contributed by atoms with E-state index in [1.165, 1.54) is 31.4 Å². The van der Waals surface area contributed by atoms with E-state index in [0.717, 1.165) is 12.1 Å². The molecule has 1 aromatic heterocycles. The summed E-state index contributed by atoms with van der Waals surface area (Å²) < 4.78 is 51.5. The minimum Gasteiger partial charge on any atom is -0.495 e. The molecule has 0 aliphatic rings. The summed E-state index contributed by atoms with van der Waals surface area (Å²) in [6.07, 6.45) is 1.56. The molecular weight excluding hydrogens is 359 g/mol. The van der Waals surface area contributed by atoms with Gasteiger partial charge in [0.15, 0.2) is 0 Å². The van der Waals surface area contributed by atoms with E-state index in [1.54, 1.807) is 30.5 Å². The maximum atomic E-state index is 13.0. The van der Waals surface area contributed by atoms with Crippen molar-refractivity contribution >= 4 is 15.7 Å². The molecule has 3 rings (SSSR count). The van der Waals surface area contributed by atoms with Crippen LogP contribution in [0.5, 0.6) is 17.4 Å². The zero-order valence-corrected chi connectivity index (χ0v) is 14.5. The molecular formula is C18H15FN2O4S. The zero-order valence-electron chi connectivity index (χ0n) is 13.7. The maximum absolute atomic E-state index is 13.0. The Hall–Kier alpha value is -3.13. The number of methoxy groups -OCH3 is 1. The normalized spacial score (nSPS) is 11.0. The lowest BCUT2D eigenvalue weighted by Gasteiger charge is -2.13. The zero-order chi connectivity index (χ0) is 18.6. The number of rotatable bonds is 6. The van der Waals surface area contributed by atoms with Crippen molar-refractivity contribution in [1.29, 1.82) is 0 Å². The third-order valence-corrected chi connectivity index (χ3v) is 4.78. The minimum absolute atomic E-state index is 0.113. The number of nitrogens with one attached hydrogen (secondary N) is 1. The summed E-state index contributed by atoms with van der Waals surface area (Å²) in [7, 11) is -2.61. The van der Waals surface area contributed by atoms with Crippen LogP contribution in [0, 0.1) is 5.82 Å². The van der Waals surface area contributed by atoms with Crippen molar-refractivity contribution in [3.63, 3.8) is 0 Å². The van der Waals surface area contributed by atoms with Crippen LogP contribution in [0.2, 0.25) is 0 Å². The number of pyridine rings is 1. The smallest absolute Gasteiger partial charge is 0.265 e. The van der Waals surface area contributed by atoms with E-state index in [1.807, 2.05) is 0 Å². The standard InChI is InChI=1S/C18H15FN2O4S/c1-24-16-10-9-15(25-18-4-2-3-11-20-18)12-17(16)26(22,23)21-14-7-5-13(19)6-8-14/h2-12,21H,1H3. The van der Waals surface area contributed by atoms with Crippen molar-refractivity contribution in [3.05, 3.63) is 72.7 Å². The average molecular weight is 374 g/mol. The summed E-state index contributed by atoms with van der Waals surface area (Å²) in [5.41, 5.74) is 0.226. The van der Waals surface area contributed by atoms with Crippen molar-refractivity contribution < 1.29 is 22.3 Å². The predicted octanol–water partition coefficient (Wildman–Crippen LogP) is 3.82. The predicted molar refractivity (Wildman–Crippen MR) is 94.5 cm³/mol. The highest BCUT2D eigenvalue weighted by molar-refractivity contribution is 7.92. The molecule has 0 saturated carbocycles. The second kappa shape index (κ2) is 7.40. The first-order valence-corrected chi connectivity index (χ1v) is 9.01. The molecule has 2 aromatic carbocycles. The Balaban J connectivity index is 1.93. The number of aromatic nitrogens is 1. The van der Waals surface area contributed by atoms with Crippen LogP contribution >= 0.6 is 0 Å². The molecule has 1 heterocycles. The van der Waals surface area contributed by atoms with Gasteiger partial charge in [-0.3, -0.25) is 4.72 Å². The lowest BCUT2D eigenvalue weighted by Crippen LogP contribution is -2.14. The van der Waals surface area contributed by atoms with E-state index >= 15 is 0 Å². The second-order valence-electron chi connectivity index (χ2n) is 5.20. The highest BCUT2D eigenvalue weighted by Gasteiger charge is 2.21. The molecule has 0 spiro atoms. The fourth-order valence-corrected chi connectivity index (χ4v) is 3.43. The molecule has 0 aliphatic heterocycles. The van der Waals surface area contributed by atoms with Crippen molar-refractivity contribution in [2.75, 3.05) is 11.8 Å². The Morgan fingerprint density at radius 1 is 1.04 bits per heavy atom. The number of nitrogens with zero attached hydrogens (tertiary/aromatic N) is 1. The third-order valence-electron chi connectivity index (χ3n) is 3.38. The van der Waals surface area contributed by atoms with Gasteiger partial charge in [-0.25, -0.2) is 17.8 Å². The molecule has 0 radical (unpaired) electrons. The number of halogens is 1. The largest absolute Gasteiger partial charge is 0.495 e. The van der Waals surface area contributed by atoms with E-state index in [0.29, 0.717) is 5.88 Å². The molecule has 6 nitrogen and oxygen atoms in total. The molecule has 0 atom stereocenters. The van der Waals surface area contributed by atoms with Crippen molar-refractivity contribution in [2.45, 2.75) is 4.90 Å². The van der Waals surface area contributed by atoms with Crippen LogP contribution in [-0.4, -0.2) is 20.5 Å². The van der Waals surface area contributed by atoms with Crippen LogP contribution in [0.4, 0.5) is 10.1 Å².